The molecule has 0 aliphatic heterocycles. The highest BCUT2D eigenvalue weighted by Gasteiger charge is 2.45. The Hall–Kier alpha value is -1.01. The van der Waals surface area contributed by atoms with Gasteiger partial charge in [0.2, 0.25) is 0 Å². The normalized spacial score (nSPS) is 18.3. The molecule has 21 heavy (non-hydrogen) atoms. The Balaban J connectivity index is 1.76. The third-order valence-corrected chi connectivity index (χ3v) is 4.34. The molecule has 0 aromatic carbocycles. The summed E-state index contributed by atoms with van der Waals surface area (Å²) >= 11 is 0. The van der Waals surface area contributed by atoms with E-state index in [9.17, 15) is 8.78 Å². The summed E-state index contributed by atoms with van der Waals surface area (Å²) in [6, 6.07) is 6.54. The Bertz CT molecular complexity index is 466. The summed E-state index contributed by atoms with van der Waals surface area (Å²) in [5.74, 6) is -1.78. The molecule has 0 bridgehead atoms. The molecule has 2 rings (SSSR count). The van der Waals surface area contributed by atoms with Gasteiger partial charge in [0.15, 0.2) is 0 Å². The van der Waals surface area contributed by atoms with Crippen LogP contribution in [-0.4, -0.2) is 38.2 Å². The van der Waals surface area contributed by atoms with Crippen molar-refractivity contribution < 1.29 is 8.78 Å². The highest BCUT2D eigenvalue weighted by atomic mass is 28.2. The minimum absolute atomic E-state index is 0.0871. The van der Waals surface area contributed by atoms with Crippen molar-refractivity contribution in [2.24, 2.45) is 0 Å². The maximum Gasteiger partial charge on any atom is 0.252 e. The van der Waals surface area contributed by atoms with E-state index in [1.807, 2.05) is 18.2 Å². The van der Waals surface area contributed by atoms with Crippen LogP contribution < -0.4 is 10.6 Å². The van der Waals surface area contributed by atoms with Gasteiger partial charge in [0, 0.05) is 30.1 Å². The maximum atomic E-state index is 12.8. The van der Waals surface area contributed by atoms with E-state index in [-0.39, 0.29) is 24.4 Å². The van der Waals surface area contributed by atoms with Crippen molar-refractivity contribution in [1.82, 2.24) is 10.3 Å². The Morgan fingerprint density at radius 1 is 1.33 bits per heavy atom. The zero-order valence-corrected chi connectivity index (χ0v) is 13.8. The summed E-state index contributed by atoms with van der Waals surface area (Å²) < 4.78 is 25.6. The Morgan fingerprint density at radius 3 is 2.67 bits per heavy atom. The van der Waals surface area contributed by atoms with Crippen LogP contribution in [0, 0.1) is 0 Å². The second-order valence-corrected chi connectivity index (χ2v) is 7.86. The van der Waals surface area contributed by atoms with E-state index >= 15 is 0 Å². The first kappa shape index (κ1) is 16.4. The third kappa shape index (κ3) is 5.71. The largest absolute Gasteiger partial charge is 0.367 e. The minimum Gasteiger partial charge on any atom is -0.367 e. The number of nitrogens with zero attached hydrogens (tertiary/aromatic N) is 1. The van der Waals surface area contributed by atoms with E-state index in [1.165, 1.54) is 0 Å². The Kier molecular flexibility index (Phi) is 4.98. The van der Waals surface area contributed by atoms with Crippen LogP contribution in [0.2, 0.25) is 0 Å². The molecule has 1 heterocycles. The Labute approximate surface area is 127 Å². The van der Waals surface area contributed by atoms with Gasteiger partial charge in [0.25, 0.3) is 5.92 Å². The highest BCUT2D eigenvalue weighted by molar-refractivity contribution is 6.35. The molecule has 1 fully saturated rings. The van der Waals surface area contributed by atoms with Gasteiger partial charge in [-0.1, -0.05) is 6.07 Å². The second kappa shape index (κ2) is 6.40. The van der Waals surface area contributed by atoms with Gasteiger partial charge < -0.3 is 10.6 Å². The number of alkyl halides is 2. The minimum atomic E-state index is -2.49. The molecule has 0 unspecified atom stereocenters. The number of hydrogen-bond acceptors (Lipinski definition) is 3. The highest BCUT2D eigenvalue weighted by Crippen LogP contribution is 2.38. The molecule has 1 saturated carbocycles. The van der Waals surface area contributed by atoms with E-state index in [0.717, 1.165) is 27.4 Å². The van der Waals surface area contributed by atoms with Gasteiger partial charge in [-0.25, -0.2) is 13.8 Å². The predicted molar refractivity (Wildman–Crippen MR) is 83.0 cm³/mol. The number of pyridine rings is 1. The van der Waals surface area contributed by atoms with Crippen molar-refractivity contribution >= 4 is 15.3 Å². The molecule has 0 saturated heterocycles. The van der Waals surface area contributed by atoms with E-state index in [0.29, 0.717) is 5.82 Å². The topological polar surface area (TPSA) is 37.0 Å². The molecule has 0 amide bonds. The van der Waals surface area contributed by atoms with E-state index in [2.05, 4.69) is 36.4 Å². The first-order valence-corrected chi connectivity index (χ1v) is 8.71. The van der Waals surface area contributed by atoms with Crippen molar-refractivity contribution in [3.63, 3.8) is 0 Å². The van der Waals surface area contributed by atoms with E-state index in [1.54, 1.807) is 0 Å². The SMILES string of the molecule is CC(C)(C)NC[Si]Cc1cccc(NC2CC(F)(F)C2)n1. The van der Waals surface area contributed by atoms with Crippen LogP contribution >= 0.6 is 0 Å². The van der Waals surface area contributed by atoms with Gasteiger partial charge >= 0.3 is 0 Å². The molecule has 116 valence electrons. The zero-order chi connectivity index (χ0) is 15.5. The van der Waals surface area contributed by atoms with Crippen molar-refractivity contribution in [3.05, 3.63) is 23.9 Å². The standard InChI is InChI=1S/C15H23F2N3Si/c1-14(2,3)18-10-21-9-11-5-4-6-13(19-11)20-12-7-15(16,17)8-12/h4-6,12,18H,7-10H2,1-3H3,(H,19,20). The maximum absolute atomic E-state index is 12.8. The quantitative estimate of drug-likeness (QED) is 0.626. The van der Waals surface area contributed by atoms with Gasteiger partial charge in [-0.05, 0) is 45.1 Å². The Morgan fingerprint density at radius 2 is 2.05 bits per heavy atom. The van der Waals surface area contributed by atoms with Gasteiger partial charge in [-0.2, -0.15) is 0 Å². The predicted octanol–water partition coefficient (Wildman–Crippen LogP) is 2.84. The summed E-state index contributed by atoms with van der Waals surface area (Å²) in [4.78, 5) is 4.50. The molecule has 3 nitrogen and oxygen atoms in total. The molecular formula is C15H23F2N3Si. The lowest BCUT2D eigenvalue weighted by molar-refractivity contribution is -0.0794. The lowest BCUT2D eigenvalue weighted by Crippen LogP contribution is -2.44. The first-order chi connectivity index (χ1) is 9.73. The van der Waals surface area contributed by atoms with Crippen LogP contribution in [0.3, 0.4) is 0 Å². The summed E-state index contributed by atoms with van der Waals surface area (Å²) in [6.07, 6.45) is 0.796. The van der Waals surface area contributed by atoms with Gasteiger partial charge in [0.1, 0.15) is 5.82 Å². The molecule has 0 spiro atoms. The fraction of sp³-hybridized carbons (Fsp3) is 0.667. The monoisotopic (exact) mass is 311 g/mol. The number of anilines is 1. The lowest BCUT2D eigenvalue weighted by atomic mass is 9.88. The molecule has 6 heteroatoms. The number of rotatable bonds is 6. The molecule has 1 aliphatic rings. The number of halogens is 2. The average molecular weight is 311 g/mol. The van der Waals surface area contributed by atoms with Gasteiger partial charge in [-0.3, -0.25) is 0 Å². The smallest absolute Gasteiger partial charge is 0.252 e. The van der Waals surface area contributed by atoms with E-state index in [4.69, 9.17) is 0 Å². The molecule has 0 atom stereocenters. The van der Waals surface area contributed by atoms with Crippen LogP contribution in [0.15, 0.2) is 18.2 Å². The van der Waals surface area contributed by atoms with Crippen molar-refractivity contribution in [3.8, 4) is 0 Å². The number of aromatic nitrogens is 1. The number of nitrogens with one attached hydrogen (secondary N) is 2. The van der Waals surface area contributed by atoms with Crippen molar-refractivity contribution in [2.75, 3.05) is 11.5 Å². The molecular weight excluding hydrogens is 288 g/mol. The number of hydrogen-bond donors (Lipinski definition) is 2. The van der Waals surface area contributed by atoms with Crippen LogP contribution in [0.5, 0.6) is 0 Å². The molecule has 1 aromatic rings. The van der Waals surface area contributed by atoms with Crippen LogP contribution in [0.4, 0.5) is 14.6 Å². The van der Waals surface area contributed by atoms with Crippen LogP contribution in [-0.2, 0) is 6.04 Å². The zero-order valence-electron chi connectivity index (χ0n) is 12.8. The summed E-state index contributed by atoms with van der Waals surface area (Å²) in [7, 11) is 0.759. The van der Waals surface area contributed by atoms with Crippen molar-refractivity contribution in [2.45, 2.75) is 57.2 Å². The van der Waals surface area contributed by atoms with Crippen molar-refractivity contribution in [1.29, 1.82) is 0 Å². The van der Waals surface area contributed by atoms with Crippen LogP contribution in [0.25, 0.3) is 0 Å². The summed E-state index contributed by atoms with van der Waals surface area (Å²) in [5, 5.41) is 6.54. The first-order valence-electron chi connectivity index (χ1n) is 7.30. The molecule has 1 aliphatic carbocycles. The summed E-state index contributed by atoms with van der Waals surface area (Å²) in [6.45, 7) is 6.44. The fourth-order valence-corrected chi connectivity index (χ4v) is 3.38. The van der Waals surface area contributed by atoms with Gasteiger partial charge in [0.05, 0.1) is 9.52 Å². The second-order valence-electron chi connectivity index (χ2n) is 6.65. The molecule has 2 N–H and O–H groups in total. The molecule has 1 aromatic heterocycles. The average Bonchev–Trinajstić information content (AvgIpc) is 2.32. The fourth-order valence-electron chi connectivity index (χ4n) is 2.15. The third-order valence-electron chi connectivity index (χ3n) is 3.30. The summed E-state index contributed by atoms with van der Waals surface area (Å²) in [5.41, 5.74) is 1.15. The van der Waals surface area contributed by atoms with E-state index < -0.39 is 5.92 Å². The van der Waals surface area contributed by atoms with Gasteiger partial charge in [-0.15, -0.1) is 0 Å². The molecule has 2 radical (unpaired) electrons. The lowest BCUT2D eigenvalue weighted by Gasteiger charge is -2.35. The van der Waals surface area contributed by atoms with Crippen LogP contribution in [0.1, 0.15) is 39.3 Å².